The monoisotopic (exact) mass is 365 g/mol. The first kappa shape index (κ1) is 21.6. The van der Waals surface area contributed by atoms with Gasteiger partial charge in [-0.15, -0.1) is 0 Å². The van der Waals surface area contributed by atoms with Crippen molar-refractivity contribution in [3.8, 4) is 0 Å². The smallest absolute Gasteiger partial charge is 0.408 e. The zero-order valence-electron chi connectivity index (χ0n) is 14.7. The van der Waals surface area contributed by atoms with Crippen molar-refractivity contribution in [3.63, 3.8) is 0 Å². The molecule has 0 radical (unpaired) electrons. The summed E-state index contributed by atoms with van der Waals surface area (Å²) in [6.45, 7) is 4.36. The zero-order valence-corrected chi connectivity index (χ0v) is 14.7. The van der Waals surface area contributed by atoms with Gasteiger partial charge in [-0.2, -0.15) is 0 Å². The lowest BCUT2D eigenvalue weighted by molar-refractivity contribution is -0.231. The minimum absolute atomic E-state index is 0.257. The van der Waals surface area contributed by atoms with Crippen LogP contribution < -0.4 is 5.32 Å². The van der Waals surface area contributed by atoms with E-state index < -0.39 is 60.8 Å². The molecule has 10 heteroatoms. The molecule has 0 saturated carbocycles. The molecule has 0 aromatic carbocycles. The normalized spacial score (nSPS) is 31.1. The van der Waals surface area contributed by atoms with Crippen molar-refractivity contribution in [2.24, 2.45) is 0 Å². The fourth-order valence-corrected chi connectivity index (χ4v) is 2.41. The van der Waals surface area contributed by atoms with Crippen LogP contribution in [-0.2, 0) is 19.0 Å². The van der Waals surface area contributed by atoms with Gasteiger partial charge in [0.15, 0.2) is 0 Å². The van der Waals surface area contributed by atoms with Crippen LogP contribution in [0.3, 0.4) is 0 Å². The molecule has 0 bridgehead atoms. The lowest BCUT2D eigenvalue weighted by atomic mass is 9.91. The van der Waals surface area contributed by atoms with Crippen molar-refractivity contribution in [1.29, 1.82) is 0 Å². The van der Waals surface area contributed by atoms with Crippen molar-refractivity contribution >= 4 is 12.1 Å². The summed E-state index contributed by atoms with van der Waals surface area (Å²) in [5.74, 6) is -0.803. The number of esters is 1. The topological polar surface area (TPSA) is 155 Å². The first-order valence-corrected chi connectivity index (χ1v) is 7.88. The summed E-state index contributed by atoms with van der Waals surface area (Å²) in [5, 5.41) is 41.1. The number of carbonyl (C=O) groups excluding carboxylic acids is 2. The minimum atomic E-state index is -1.57. The van der Waals surface area contributed by atoms with E-state index in [1.807, 2.05) is 0 Å². The summed E-state index contributed by atoms with van der Waals surface area (Å²) in [7, 11) is 1.12. The molecular formula is C15H27NO9. The molecule has 0 aromatic heterocycles. The number of amides is 1. The zero-order chi connectivity index (χ0) is 19.4. The van der Waals surface area contributed by atoms with Crippen LogP contribution >= 0.6 is 0 Å². The molecule has 1 rings (SSSR count). The highest BCUT2D eigenvalue weighted by molar-refractivity contribution is 5.81. The van der Waals surface area contributed by atoms with Crippen LogP contribution in [0.1, 0.15) is 27.2 Å². The van der Waals surface area contributed by atoms with E-state index in [-0.39, 0.29) is 6.42 Å². The Labute approximate surface area is 145 Å². The third-order valence-corrected chi connectivity index (χ3v) is 3.64. The van der Waals surface area contributed by atoms with Gasteiger partial charge in [0, 0.05) is 6.42 Å². The van der Waals surface area contributed by atoms with Crippen molar-refractivity contribution < 1.29 is 44.2 Å². The average Bonchev–Trinajstić information content (AvgIpc) is 2.51. The molecule has 10 nitrogen and oxygen atoms in total. The first-order chi connectivity index (χ1) is 11.5. The molecule has 1 fully saturated rings. The van der Waals surface area contributed by atoms with Gasteiger partial charge >= 0.3 is 12.1 Å². The van der Waals surface area contributed by atoms with Crippen LogP contribution in [0.2, 0.25) is 0 Å². The largest absolute Gasteiger partial charge is 0.467 e. The second-order valence-corrected chi connectivity index (χ2v) is 6.83. The Morgan fingerprint density at radius 3 is 2.16 bits per heavy atom. The van der Waals surface area contributed by atoms with Crippen molar-refractivity contribution in [3.05, 3.63) is 0 Å². The number of hydrogen-bond donors (Lipinski definition) is 5. The lowest BCUT2D eigenvalue weighted by Gasteiger charge is -2.40. The van der Waals surface area contributed by atoms with E-state index in [1.54, 1.807) is 20.8 Å². The average molecular weight is 365 g/mol. The van der Waals surface area contributed by atoms with E-state index in [0.29, 0.717) is 0 Å². The van der Waals surface area contributed by atoms with Crippen LogP contribution in [0, 0.1) is 0 Å². The molecule has 1 saturated heterocycles. The number of hydrogen-bond acceptors (Lipinski definition) is 9. The summed E-state index contributed by atoms with van der Waals surface area (Å²) in [6.07, 6.45) is -7.97. The number of carbonyl (C=O) groups is 2. The van der Waals surface area contributed by atoms with Gasteiger partial charge in [-0.25, -0.2) is 9.59 Å². The van der Waals surface area contributed by atoms with E-state index in [4.69, 9.17) is 9.47 Å². The first-order valence-electron chi connectivity index (χ1n) is 7.88. The Hall–Kier alpha value is -1.46. The summed E-state index contributed by atoms with van der Waals surface area (Å²) < 4.78 is 15.0. The summed E-state index contributed by atoms with van der Waals surface area (Å²) in [4.78, 5) is 23.8. The molecular weight excluding hydrogens is 338 g/mol. The third kappa shape index (κ3) is 6.08. The number of nitrogens with one attached hydrogen (secondary N) is 1. The molecule has 1 aliphatic heterocycles. The maximum Gasteiger partial charge on any atom is 0.408 e. The predicted octanol–water partition coefficient (Wildman–Crippen LogP) is -1.71. The maximum absolute atomic E-state index is 11.9. The quantitative estimate of drug-likeness (QED) is 0.358. The molecule has 0 aromatic rings. The van der Waals surface area contributed by atoms with Crippen molar-refractivity contribution in [2.45, 2.75) is 69.4 Å². The Balaban J connectivity index is 2.83. The van der Waals surface area contributed by atoms with Crippen LogP contribution in [0.5, 0.6) is 0 Å². The second kappa shape index (κ2) is 8.77. The molecule has 1 amide bonds. The maximum atomic E-state index is 11.9. The van der Waals surface area contributed by atoms with Crippen LogP contribution in [-0.4, -0.2) is 88.4 Å². The molecule has 25 heavy (non-hydrogen) atoms. The van der Waals surface area contributed by atoms with Gasteiger partial charge in [-0.05, 0) is 20.8 Å². The van der Waals surface area contributed by atoms with Gasteiger partial charge in [-0.1, -0.05) is 0 Å². The highest BCUT2D eigenvalue weighted by Gasteiger charge is 2.45. The van der Waals surface area contributed by atoms with E-state index in [0.717, 1.165) is 7.11 Å². The predicted molar refractivity (Wildman–Crippen MR) is 83.6 cm³/mol. The van der Waals surface area contributed by atoms with Crippen molar-refractivity contribution in [1.82, 2.24) is 5.32 Å². The van der Waals surface area contributed by atoms with Gasteiger partial charge in [0.1, 0.15) is 36.1 Å². The van der Waals surface area contributed by atoms with E-state index in [9.17, 15) is 30.0 Å². The van der Waals surface area contributed by atoms with Gasteiger partial charge in [0.2, 0.25) is 0 Å². The Bertz CT molecular complexity index is 462. The lowest BCUT2D eigenvalue weighted by Crippen LogP contribution is -2.60. The minimum Gasteiger partial charge on any atom is -0.467 e. The molecule has 6 atom stereocenters. The van der Waals surface area contributed by atoms with E-state index >= 15 is 0 Å². The number of methoxy groups -OCH3 is 1. The fraction of sp³-hybridized carbons (Fsp3) is 0.867. The summed E-state index contributed by atoms with van der Waals surface area (Å²) in [5.41, 5.74) is -0.784. The van der Waals surface area contributed by atoms with Gasteiger partial charge in [-0.3, -0.25) is 0 Å². The standard InChI is InChI=1S/C15H27NO9/c1-15(2,3)25-14(22)16-7(13(21)23-4)5-8-10(18)12(20)11(19)9(6-17)24-8/h7-12,17-20H,5-6H2,1-4H3,(H,16,22)/t7-,8+,9-,10+,11+,12-/m1/s1. The molecule has 1 aliphatic rings. The van der Waals surface area contributed by atoms with Crippen molar-refractivity contribution in [2.75, 3.05) is 13.7 Å². The number of ether oxygens (including phenoxy) is 3. The number of aliphatic hydroxyl groups excluding tert-OH is 4. The summed E-state index contributed by atoms with van der Waals surface area (Å²) >= 11 is 0. The van der Waals surface area contributed by atoms with E-state index in [1.165, 1.54) is 0 Å². The number of aliphatic hydroxyl groups is 4. The Kier molecular flexibility index (Phi) is 7.57. The van der Waals surface area contributed by atoms with Crippen LogP contribution in [0.15, 0.2) is 0 Å². The molecule has 0 unspecified atom stereocenters. The van der Waals surface area contributed by atoms with Gasteiger partial charge < -0.3 is 40.0 Å². The Morgan fingerprint density at radius 2 is 1.68 bits per heavy atom. The molecule has 1 heterocycles. The van der Waals surface area contributed by atoms with Gasteiger partial charge in [0.05, 0.1) is 19.8 Å². The SMILES string of the molecule is COC(=O)[C@@H](C[C@@H]1O[C@H](CO)[C@H](O)[C@H](O)[C@H]1O)NC(=O)OC(C)(C)C. The Morgan fingerprint density at radius 1 is 1.12 bits per heavy atom. The number of rotatable bonds is 5. The van der Waals surface area contributed by atoms with E-state index in [2.05, 4.69) is 10.1 Å². The molecule has 146 valence electrons. The summed E-state index contributed by atoms with van der Waals surface area (Å²) in [6, 6.07) is -1.22. The van der Waals surface area contributed by atoms with Crippen LogP contribution in [0.25, 0.3) is 0 Å². The highest BCUT2D eigenvalue weighted by atomic mass is 16.6. The van der Waals surface area contributed by atoms with Gasteiger partial charge in [0.25, 0.3) is 0 Å². The third-order valence-electron chi connectivity index (χ3n) is 3.64. The molecule has 5 N–H and O–H groups in total. The number of alkyl carbamates (subject to hydrolysis) is 1. The molecule has 0 aliphatic carbocycles. The highest BCUT2D eigenvalue weighted by Crippen LogP contribution is 2.24. The fourth-order valence-electron chi connectivity index (χ4n) is 2.41. The molecule has 0 spiro atoms. The second-order valence-electron chi connectivity index (χ2n) is 6.83. The van der Waals surface area contributed by atoms with Crippen LogP contribution in [0.4, 0.5) is 4.79 Å².